The van der Waals surface area contributed by atoms with Crippen molar-refractivity contribution in [2.75, 3.05) is 39.5 Å². The number of ketones is 1. The molecule has 26 heavy (non-hydrogen) atoms. The van der Waals surface area contributed by atoms with Crippen LogP contribution in [-0.4, -0.2) is 79.0 Å². The van der Waals surface area contributed by atoms with Crippen molar-refractivity contribution in [1.82, 2.24) is 10.2 Å². The molecule has 0 fully saturated rings. The van der Waals surface area contributed by atoms with E-state index in [1.165, 1.54) is 12.2 Å². The third kappa shape index (κ3) is 9.04. The highest BCUT2D eigenvalue weighted by Crippen LogP contribution is 2.02. The molecule has 0 saturated carbocycles. The lowest BCUT2D eigenvalue weighted by molar-refractivity contribution is -0.141. The standard InChI is InChI=1S/C16H22N2O8/c19-12(2-1-5-17-13(20)10-16(23)24)11-26-9-8-25-7-6-18-14(21)3-4-15(18)22/h3-4H,1-2,5-11H2,(H,17,20)(H,23,24). The molecule has 0 saturated heterocycles. The number of aliphatic carboxylic acids is 1. The smallest absolute Gasteiger partial charge is 0.312 e. The van der Waals surface area contributed by atoms with E-state index in [1.807, 2.05) is 0 Å². The maximum Gasteiger partial charge on any atom is 0.312 e. The van der Waals surface area contributed by atoms with Crippen LogP contribution in [0.5, 0.6) is 0 Å². The van der Waals surface area contributed by atoms with E-state index in [2.05, 4.69) is 5.32 Å². The molecule has 1 rings (SSSR count). The summed E-state index contributed by atoms with van der Waals surface area (Å²) >= 11 is 0. The van der Waals surface area contributed by atoms with Crippen LogP contribution in [0, 0.1) is 0 Å². The van der Waals surface area contributed by atoms with Crippen molar-refractivity contribution in [1.29, 1.82) is 0 Å². The van der Waals surface area contributed by atoms with Crippen molar-refractivity contribution in [2.24, 2.45) is 0 Å². The summed E-state index contributed by atoms with van der Waals surface area (Å²) in [5.74, 6) is -2.66. The summed E-state index contributed by atoms with van der Waals surface area (Å²) < 4.78 is 10.4. The van der Waals surface area contributed by atoms with Crippen LogP contribution in [0.3, 0.4) is 0 Å². The Morgan fingerprint density at radius 2 is 1.69 bits per heavy atom. The van der Waals surface area contributed by atoms with E-state index in [1.54, 1.807) is 0 Å². The molecule has 0 aromatic rings. The maximum atomic E-state index is 11.5. The van der Waals surface area contributed by atoms with Gasteiger partial charge < -0.3 is 19.9 Å². The quantitative estimate of drug-likeness (QED) is 0.223. The van der Waals surface area contributed by atoms with Crippen LogP contribution in [0.2, 0.25) is 0 Å². The number of nitrogens with zero attached hydrogens (tertiary/aromatic N) is 1. The van der Waals surface area contributed by atoms with Gasteiger partial charge in [0.05, 0.1) is 26.4 Å². The molecule has 3 amide bonds. The summed E-state index contributed by atoms with van der Waals surface area (Å²) in [6.07, 6.45) is 2.42. The molecule has 10 nitrogen and oxygen atoms in total. The first kappa shape index (κ1) is 21.5. The van der Waals surface area contributed by atoms with Crippen LogP contribution in [0.1, 0.15) is 19.3 Å². The first-order valence-electron chi connectivity index (χ1n) is 8.09. The summed E-state index contributed by atoms with van der Waals surface area (Å²) in [5.41, 5.74) is 0. The molecule has 0 aromatic carbocycles. The Bertz CT molecular complexity index is 555. The molecule has 0 aromatic heterocycles. The van der Waals surface area contributed by atoms with Crippen molar-refractivity contribution in [2.45, 2.75) is 19.3 Å². The summed E-state index contributed by atoms with van der Waals surface area (Å²) in [6, 6.07) is 0. The number of carboxylic acids is 1. The van der Waals surface area contributed by atoms with Gasteiger partial charge in [0.25, 0.3) is 11.8 Å². The maximum absolute atomic E-state index is 11.5. The number of rotatable bonds is 14. The van der Waals surface area contributed by atoms with E-state index in [9.17, 15) is 24.0 Å². The van der Waals surface area contributed by atoms with Crippen LogP contribution >= 0.6 is 0 Å². The average Bonchev–Trinajstić information content (AvgIpc) is 2.89. The minimum Gasteiger partial charge on any atom is -0.481 e. The number of hydrogen-bond acceptors (Lipinski definition) is 7. The zero-order valence-corrected chi connectivity index (χ0v) is 14.3. The average molecular weight is 370 g/mol. The van der Waals surface area contributed by atoms with Crippen molar-refractivity contribution in [3.63, 3.8) is 0 Å². The van der Waals surface area contributed by atoms with E-state index in [-0.39, 0.29) is 63.5 Å². The fourth-order valence-electron chi connectivity index (χ4n) is 2.00. The van der Waals surface area contributed by atoms with Crippen molar-refractivity contribution in [3.8, 4) is 0 Å². The minimum absolute atomic E-state index is 0.0839. The van der Waals surface area contributed by atoms with Gasteiger partial charge in [0, 0.05) is 25.1 Å². The Balaban J connectivity index is 1.92. The van der Waals surface area contributed by atoms with Gasteiger partial charge in [0.15, 0.2) is 5.78 Å². The molecular formula is C16H22N2O8. The van der Waals surface area contributed by atoms with Gasteiger partial charge in [-0.15, -0.1) is 0 Å². The molecule has 0 atom stereocenters. The minimum atomic E-state index is -1.20. The lowest BCUT2D eigenvalue weighted by atomic mass is 10.2. The summed E-state index contributed by atoms with van der Waals surface area (Å²) in [7, 11) is 0. The molecule has 2 N–H and O–H groups in total. The summed E-state index contributed by atoms with van der Waals surface area (Å²) in [4.78, 5) is 56.5. The highest BCUT2D eigenvalue weighted by atomic mass is 16.5. The van der Waals surface area contributed by atoms with Gasteiger partial charge in [-0.1, -0.05) is 0 Å². The fourth-order valence-corrected chi connectivity index (χ4v) is 2.00. The highest BCUT2D eigenvalue weighted by molar-refractivity contribution is 6.12. The van der Waals surface area contributed by atoms with Crippen LogP contribution in [0.25, 0.3) is 0 Å². The predicted octanol–water partition coefficient (Wildman–Crippen LogP) is -1.12. The molecule has 1 aliphatic heterocycles. The molecule has 0 aliphatic carbocycles. The lowest BCUT2D eigenvalue weighted by Crippen LogP contribution is -2.33. The van der Waals surface area contributed by atoms with Gasteiger partial charge in [-0.25, -0.2) is 0 Å². The monoisotopic (exact) mass is 370 g/mol. The van der Waals surface area contributed by atoms with Crippen molar-refractivity contribution < 1.29 is 38.6 Å². The molecule has 1 aliphatic rings. The van der Waals surface area contributed by atoms with Crippen LogP contribution in [-0.2, 0) is 33.4 Å². The zero-order valence-electron chi connectivity index (χ0n) is 14.3. The number of imide groups is 1. The second-order valence-electron chi connectivity index (χ2n) is 5.39. The zero-order chi connectivity index (χ0) is 19.4. The fraction of sp³-hybridized carbons (Fsp3) is 0.562. The van der Waals surface area contributed by atoms with Crippen LogP contribution < -0.4 is 5.32 Å². The number of carbonyl (C=O) groups is 5. The van der Waals surface area contributed by atoms with E-state index in [0.29, 0.717) is 6.42 Å². The Morgan fingerprint density at radius 1 is 1.04 bits per heavy atom. The predicted molar refractivity (Wildman–Crippen MR) is 87.0 cm³/mol. The second-order valence-corrected chi connectivity index (χ2v) is 5.39. The van der Waals surface area contributed by atoms with Gasteiger partial charge in [0.2, 0.25) is 5.91 Å². The summed E-state index contributed by atoms with van der Waals surface area (Å²) in [6.45, 7) is 0.913. The lowest BCUT2D eigenvalue weighted by Gasteiger charge is -2.13. The number of amides is 3. The molecule has 10 heteroatoms. The Hall–Kier alpha value is -2.59. The second kappa shape index (κ2) is 11.9. The van der Waals surface area contributed by atoms with Crippen LogP contribution in [0.15, 0.2) is 12.2 Å². The number of Topliss-reactive ketones (excluding diaryl/α,β-unsaturated/α-hetero) is 1. The molecule has 144 valence electrons. The largest absolute Gasteiger partial charge is 0.481 e. The molecule has 0 spiro atoms. The van der Waals surface area contributed by atoms with Gasteiger partial charge in [-0.2, -0.15) is 0 Å². The molecular weight excluding hydrogens is 348 g/mol. The van der Waals surface area contributed by atoms with E-state index in [4.69, 9.17) is 14.6 Å². The number of carbonyl (C=O) groups excluding carboxylic acids is 4. The topological polar surface area (TPSA) is 139 Å². The van der Waals surface area contributed by atoms with Gasteiger partial charge in [0.1, 0.15) is 13.0 Å². The highest BCUT2D eigenvalue weighted by Gasteiger charge is 2.22. The number of ether oxygens (including phenoxy) is 2. The van der Waals surface area contributed by atoms with E-state index in [0.717, 1.165) is 4.90 Å². The van der Waals surface area contributed by atoms with E-state index >= 15 is 0 Å². The first-order chi connectivity index (χ1) is 12.4. The molecule has 0 bridgehead atoms. The molecule has 0 radical (unpaired) electrons. The number of nitrogens with one attached hydrogen (secondary N) is 1. The third-order valence-corrected chi connectivity index (χ3v) is 3.26. The van der Waals surface area contributed by atoms with Gasteiger partial charge in [-0.3, -0.25) is 28.9 Å². The van der Waals surface area contributed by atoms with Gasteiger partial charge in [-0.05, 0) is 6.42 Å². The molecule has 0 unspecified atom stereocenters. The third-order valence-electron chi connectivity index (χ3n) is 3.26. The summed E-state index contributed by atoms with van der Waals surface area (Å²) in [5, 5.41) is 10.8. The normalized spacial score (nSPS) is 13.3. The number of hydrogen-bond donors (Lipinski definition) is 2. The van der Waals surface area contributed by atoms with Crippen molar-refractivity contribution in [3.05, 3.63) is 12.2 Å². The Labute approximate surface area is 150 Å². The van der Waals surface area contributed by atoms with Crippen LogP contribution in [0.4, 0.5) is 0 Å². The molecule has 1 heterocycles. The van der Waals surface area contributed by atoms with Gasteiger partial charge >= 0.3 is 5.97 Å². The first-order valence-corrected chi connectivity index (χ1v) is 8.09. The van der Waals surface area contributed by atoms with E-state index < -0.39 is 18.3 Å². The Morgan fingerprint density at radius 3 is 2.35 bits per heavy atom. The SMILES string of the molecule is O=C(O)CC(=O)NCCCC(=O)COCCOCCN1C(=O)C=CC1=O. The number of carboxylic acid groups (broad SMARTS) is 1. The van der Waals surface area contributed by atoms with Crippen molar-refractivity contribution >= 4 is 29.5 Å². The Kier molecular flexibility index (Phi) is 9.80.